The van der Waals surface area contributed by atoms with E-state index in [1.54, 1.807) is 0 Å². The molecule has 0 bridgehead atoms. The summed E-state index contributed by atoms with van der Waals surface area (Å²) < 4.78 is 64.9. The molecular formula is C9H8F3IO5S. The van der Waals surface area contributed by atoms with E-state index in [2.05, 4.69) is 0 Å². The van der Waals surface area contributed by atoms with E-state index in [-0.39, 0.29) is 5.97 Å². The molecule has 0 aromatic heterocycles. The summed E-state index contributed by atoms with van der Waals surface area (Å²) in [6, 6.07) is 9.77. The van der Waals surface area contributed by atoms with Gasteiger partial charge in [-0.1, -0.05) is 18.2 Å². The van der Waals surface area contributed by atoms with E-state index in [0.717, 1.165) is 3.57 Å². The first-order valence-corrected chi connectivity index (χ1v) is 7.80. The molecule has 0 spiro atoms. The molecule has 5 nitrogen and oxygen atoms in total. The van der Waals surface area contributed by atoms with Crippen LogP contribution >= 0.6 is 0 Å². The fourth-order valence-corrected chi connectivity index (χ4v) is 1.84. The van der Waals surface area contributed by atoms with Crippen LogP contribution in [0.5, 0.6) is 0 Å². The quantitative estimate of drug-likeness (QED) is 0.335. The van der Waals surface area contributed by atoms with Crippen molar-refractivity contribution in [3.05, 3.63) is 33.9 Å². The molecule has 0 radical (unpaired) electrons. The summed E-state index contributed by atoms with van der Waals surface area (Å²) in [5, 5.41) is 0. The maximum Gasteiger partial charge on any atom is 0.583 e. The topological polar surface area (TPSA) is 83.5 Å². The Bertz CT molecular complexity index is 500. The normalized spacial score (nSPS) is 11.2. The smallest absolute Gasteiger partial charge is 0.583 e. The summed E-state index contributed by atoms with van der Waals surface area (Å²) in [6.07, 6.45) is 0. The van der Waals surface area contributed by atoms with Crippen molar-refractivity contribution in [1.82, 2.24) is 0 Å². The van der Waals surface area contributed by atoms with Crippen molar-refractivity contribution in [3.8, 4) is 0 Å². The van der Waals surface area contributed by atoms with Crippen LogP contribution in [-0.2, 0) is 18.0 Å². The van der Waals surface area contributed by atoms with Crippen LogP contribution in [0.15, 0.2) is 30.3 Å². The van der Waals surface area contributed by atoms with Crippen LogP contribution in [0.25, 0.3) is 0 Å². The summed E-state index contributed by atoms with van der Waals surface area (Å²) >= 11 is -0.563. The zero-order chi connectivity index (χ0) is 15.1. The minimum absolute atomic E-state index is 0.193. The SMILES string of the molecule is CC(=O)O[I+]c1ccccc1.O=S(=O)([O-])C(F)(F)F. The zero-order valence-electron chi connectivity index (χ0n) is 9.35. The van der Waals surface area contributed by atoms with Gasteiger partial charge in [-0.15, -0.1) is 0 Å². The minimum Gasteiger partial charge on any atom is -0.741 e. The molecule has 0 aliphatic heterocycles. The Morgan fingerprint density at radius 2 is 1.68 bits per heavy atom. The van der Waals surface area contributed by atoms with Gasteiger partial charge in [0.15, 0.2) is 10.1 Å². The Morgan fingerprint density at radius 3 is 2.00 bits per heavy atom. The van der Waals surface area contributed by atoms with Crippen molar-refractivity contribution < 1.29 is 55.6 Å². The number of carbonyl (C=O) groups is 1. The molecule has 1 aromatic rings. The average molecular weight is 412 g/mol. The van der Waals surface area contributed by atoms with Crippen molar-refractivity contribution in [3.63, 3.8) is 0 Å². The van der Waals surface area contributed by atoms with Gasteiger partial charge in [0.1, 0.15) is 0 Å². The number of alkyl halides is 3. The summed E-state index contributed by atoms with van der Waals surface area (Å²) in [7, 11) is -6.09. The minimum atomic E-state index is -6.09. The molecule has 19 heavy (non-hydrogen) atoms. The first-order valence-electron chi connectivity index (χ1n) is 4.43. The lowest BCUT2D eigenvalue weighted by atomic mass is 10.4. The fourth-order valence-electron chi connectivity index (χ4n) is 0.565. The van der Waals surface area contributed by atoms with Crippen molar-refractivity contribution in [2.75, 3.05) is 0 Å². The predicted molar refractivity (Wildman–Crippen MR) is 52.7 cm³/mol. The molecule has 0 atom stereocenters. The maximum atomic E-state index is 10.7. The first kappa shape index (κ1) is 18.1. The van der Waals surface area contributed by atoms with Crippen LogP contribution in [0.2, 0.25) is 0 Å². The Morgan fingerprint density at radius 1 is 1.26 bits per heavy atom. The van der Waals surface area contributed by atoms with Gasteiger partial charge >= 0.3 is 33.1 Å². The van der Waals surface area contributed by atoms with Crippen LogP contribution in [0, 0.1) is 3.57 Å². The van der Waals surface area contributed by atoms with Crippen LogP contribution < -0.4 is 21.6 Å². The molecular weight excluding hydrogens is 404 g/mol. The highest BCUT2D eigenvalue weighted by Crippen LogP contribution is 2.20. The Kier molecular flexibility index (Phi) is 7.29. The monoisotopic (exact) mass is 412 g/mol. The van der Waals surface area contributed by atoms with E-state index in [4.69, 9.17) is 16.0 Å². The van der Waals surface area contributed by atoms with Crippen molar-refractivity contribution in [2.45, 2.75) is 12.4 Å². The molecule has 0 saturated heterocycles. The molecule has 10 heteroatoms. The number of benzene rings is 1. The number of hydrogen-bond donors (Lipinski definition) is 0. The van der Waals surface area contributed by atoms with Crippen molar-refractivity contribution in [1.29, 1.82) is 0 Å². The van der Waals surface area contributed by atoms with Gasteiger partial charge in [0, 0.05) is 6.92 Å². The van der Waals surface area contributed by atoms with E-state index in [9.17, 15) is 18.0 Å². The molecule has 0 unspecified atom stereocenters. The van der Waals surface area contributed by atoms with Crippen molar-refractivity contribution in [2.24, 2.45) is 0 Å². The second kappa shape index (κ2) is 7.65. The van der Waals surface area contributed by atoms with Crippen LogP contribution in [0.4, 0.5) is 13.2 Å². The second-order valence-corrected chi connectivity index (χ2v) is 6.34. The van der Waals surface area contributed by atoms with Gasteiger partial charge in [-0.2, -0.15) is 13.2 Å². The molecule has 0 aliphatic rings. The van der Waals surface area contributed by atoms with Gasteiger partial charge in [-0.3, -0.25) is 0 Å². The Labute approximate surface area is 118 Å². The van der Waals surface area contributed by atoms with E-state index >= 15 is 0 Å². The summed E-state index contributed by atoms with van der Waals surface area (Å²) in [5.41, 5.74) is -5.65. The van der Waals surface area contributed by atoms with E-state index < -0.39 is 37.2 Å². The highest BCUT2D eigenvalue weighted by Gasteiger charge is 2.36. The number of halogens is 4. The van der Waals surface area contributed by atoms with E-state index in [0.29, 0.717) is 0 Å². The third-order valence-electron chi connectivity index (χ3n) is 1.25. The molecule has 108 valence electrons. The van der Waals surface area contributed by atoms with E-state index in [1.807, 2.05) is 30.3 Å². The Hall–Kier alpha value is -0.880. The standard InChI is InChI=1S/C8H8IO2.CHF3O3S/c1-7(10)11-9-8-5-3-2-4-6-8;2-1(3,4)8(5,6)7/h2-6H,1H3;(H,5,6,7)/q+1;/p-1. The maximum absolute atomic E-state index is 10.7. The first-order chi connectivity index (χ1) is 8.54. The van der Waals surface area contributed by atoms with Gasteiger partial charge in [-0.25, -0.2) is 16.3 Å². The van der Waals surface area contributed by atoms with Crippen molar-refractivity contribution >= 4 is 16.1 Å². The number of rotatable bonds is 2. The lowest BCUT2D eigenvalue weighted by Crippen LogP contribution is -3.62. The number of hydrogen-bond acceptors (Lipinski definition) is 5. The third-order valence-corrected chi connectivity index (χ3v) is 3.89. The third kappa shape index (κ3) is 8.77. The van der Waals surface area contributed by atoms with Crippen LogP contribution in [0.1, 0.15) is 6.92 Å². The highest BCUT2D eigenvalue weighted by atomic mass is 127. The molecule has 0 fully saturated rings. The molecule has 1 aromatic carbocycles. The predicted octanol–water partition coefficient (Wildman–Crippen LogP) is -1.53. The largest absolute Gasteiger partial charge is 0.741 e. The fraction of sp³-hybridized carbons (Fsp3) is 0.222. The lowest BCUT2D eigenvalue weighted by Gasteiger charge is -2.08. The lowest BCUT2D eigenvalue weighted by molar-refractivity contribution is -0.852. The van der Waals surface area contributed by atoms with Crippen LogP contribution in [0.3, 0.4) is 0 Å². The molecule has 0 saturated carbocycles. The summed E-state index contributed by atoms with van der Waals surface area (Å²) in [5.74, 6) is -0.193. The van der Waals surface area contributed by atoms with E-state index in [1.165, 1.54) is 6.92 Å². The van der Waals surface area contributed by atoms with Gasteiger partial charge in [0.2, 0.25) is 3.57 Å². The summed E-state index contributed by atoms with van der Waals surface area (Å²) in [6.45, 7) is 1.43. The van der Waals surface area contributed by atoms with Crippen LogP contribution in [-0.4, -0.2) is 24.4 Å². The molecule has 0 N–H and O–H groups in total. The molecule has 0 amide bonds. The molecule has 0 aliphatic carbocycles. The van der Waals surface area contributed by atoms with Gasteiger partial charge in [0.05, 0.1) is 0 Å². The number of carbonyl (C=O) groups excluding carboxylic acids is 1. The van der Waals surface area contributed by atoms with Gasteiger partial charge < -0.3 is 4.55 Å². The Balaban J connectivity index is 0.000000362. The van der Waals surface area contributed by atoms with Gasteiger partial charge in [-0.05, 0) is 12.1 Å². The summed E-state index contributed by atoms with van der Waals surface area (Å²) in [4.78, 5) is 10.4. The molecule has 0 heterocycles. The highest BCUT2D eigenvalue weighted by molar-refractivity contribution is 7.86. The van der Waals surface area contributed by atoms with Gasteiger partial charge in [0.25, 0.3) is 0 Å². The zero-order valence-corrected chi connectivity index (χ0v) is 12.3. The molecule has 1 rings (SSSR count). The second-order valence-electron chi connectivity index (χ2n) is 2.84. The average Bonchev–Trinajstić information content (AvgIpc) is 2.26.